The fraction of sp³-hybridized carbons (Fsp3) is 0.421. The van der Waals surface area contributed by atoms with E-state index in [0.717, 1.165) is 24.4 Å². The van der Waals surface area contributed by atoms with Crippen LogP contribution in [0.5, 0.6) is 0 Å². The van der Waals surface area contributed by atoms with E-state index < -0.39 is 6.04 Å². The number of nitrogens with one attached hydrogen (secondary N) is 2. The summed E-state index contributed by atoms with van der Waals surface area (Å²) in [5, 5.41) is 6.04. The molecule has 3 rings (SSSR count). The number of nitrogens with two attached hydrogens (primary N) is 1. The number of rotatable bonds is 7. The Morgan fingerprint density at radius 3 is 2.96 bits per heavy atom. The van der Waals surface area contributed by atoms with Crippen molar-refractivity contribution in [2.75, 3.05) is 18.4 Å². The molecule has 4 N–H and O–H groups in total. The van der Waals surface area contributed by atoms with Crippen molar-refractivity contribution in [2.24, 2.45) is 5.73 Å². The van der Waals surface area contributed by atoms with Crippen molar-refractivity contribution in [1.82, 2.24) is 15.3 Å². The highest BCUT2D eigenvalue weighted by Gasteiger charge is 2.23. The molecule has 1 aliphatic carbocycles. The molecule has 26 heavy (non-hydrogen) atoms. The Morgan fingerprint density at radius 2 is 2.15 bits per heavy atom. The van der Waals surface area contributed by atoms with E-state index >= 15 is 0 Å². The number of aryl methyl sites for hydroxylation is 1. The maximum atomic E-state index is 13.6. The molecule has 1 aromatic carbocycles. The van der Waals surface area contributed by atoms with Crippen molar-refractivity contribution in [3.63, 3.8) is 0 Å². The van der Waals surface area contributed by atoms with E-state index in [1.807, 2.05) is 0 Å². The molecule has 0 fully saturated rings. The summed E-state index contributed by atoms with van der Waals surface area (Å²) < 4.78 is 13.6. The molecule has 2 atom stereocenters. The van der Waals surface area contributed by atoms with Gasteiger partial charge in [-0.3, -0.25) is 4.79 Å². The van der Waals surface area contributed by atoms with Crippen molar-refractivity contribution in [3.8, 4) is 0 Å². The number of amides is 1. The molecule has 0 aliphatic heterocycles. The monoisotopic (exact) mass is 357 g/mol. The van der Waals surface area contributed by atoms with Crippen LogP contribution in [-0.2, 0) is 17.6 Å². The molecule has 6 nitrogen and oxygen atoms in total. The van der Waals surface area contributed by atoms with Gasteiger partial charge in [-0.05, 0) is 36.8 Å². The number of anilines is 1. The Hall–Kier alpha value is -2.54. The van der Waals surface area contributed by atoms with E-state index in [0.29, 0.717) is 24.6 Å². The SMILES string of the molecule is C[C@@H]1CCc2ncnc(NCCNC(=O)[C@H](N)Cc3ccccc3F)c21. The van der Waals surface area contributed by atoms with E-state index in [4.69, 9.17) is 5.73 Å². The number of nitrogens with zero attached hydrogens (tertiary/aromatic N) is 2. The number of carbonyl (C=O) groups excluding carboxylic acids is 1. The molecule has 0 saturated heterocycles. The highest BCUT2D eigenvalue weighted by Crippen LogP contribution is 2.35. The summed E-state index contributed by atoms with van der Waals surface area (Å²) >= 11 is 0. The first kappa shape index (κ1) is 18.3. The molecule has 1 amide bonds. The number of carbonyl (C=O) groups is 1. The van der Waals surface area contributed by atoms with Crippen molar-refractivity contribution in [2.45, 2.75) is 38.1 Å². The van der Waals surface area contributed by atoms with Crippen LogP contribution in [0.4, 0.5) is 10.2 Å². The number of hydrogen-bond acceptors (Lipinski definition) is 5. The van der Waals surface area contributed by atoms with Crippen LogP contribution in [0.2, 0.25) is 0 Å². The second-order valence-electron chi connectivity index (χ2n) is 6.64. The van der Waals surface area contributed by atoms with Crippen LogP contribution in [0.3, 0.4) is 0 Å². The van der Waals surface area contributed by atoms with Gasteiger partial charge >= 0.3 is 0 Å². The van der Waals surface area contributed by atoms with Gasteiger partial charge in [-0.2, -0.15) is 0 Å². The summed E-state index contributed by atoms with van der Waals surface area (Å²) in [7, 11) is 0. The van der Waals surface area contributed by atoms with Gasteiger partial charge in [0.25, 0.3) is 0 Å². The molecular formula is C19H24FN5O. The average Bonchev–Trinajstić information content (AvgIpc) is 3.02. The van der Waals surface area contributed by atoms with E-state index in [1.165, 1.54) is 11.6 Å². The summed E-state index contributed by atoms with van der Waals surface area (Å²) in [5.41, 5.74) is 8.61. The smallest absolute Gasteiger partial charge is 0.237 e. The maximum absolute atomic E-state index is 13.6. The third-order valence-electron chi connectivity index (χ3n) is 4.72. The summed E-state index contributed by atoms with van der Waals surface area (Å²) in [4.78, 5) is 20.7. The average molecular weight is 357 g/mol. The van der Waals surface area contributed by atoms with E-state index in [-0.39, 0.29) is 18.1 Å². The van der Waals surface area contributed by atoms with Gasteiger partial charge in [0.05, 0.1) is 6.04 Å². The van der Waals surface area contributed by atoms with Gasteiger partial charge in [0, 0.05) is 24.3 Å². The molecule has 0 unspecified atom stereocenters. The normalized spacial score (nSPS) is 16.8. The van der Waals surface area contributed by atoms with Crippen molar-refractivity contribution >= 4 is 11.7 Å². The Bertz CT molecular complexity index is 782. The van der Waals surface area contributed by atoms with Gasteiger partial charge in [0.1, 0.15) is 18.0 Å². The first-order valence-electron chi connectivity index (χ1n) is 8.90. The minimum absolute atomic E-state index is 0.170. The second kappa shape index (κ2) is 8.23. The Balaban J connectivity index is 1.46. The highest BCUT2D eigenvalue weighted by molar-refractivity contribution is 5.81. The van der Waals surface area contributed by atoms with E-state index in [2.05, 4.69) is 27.5 Å². The third kappa shape index (κ3) is 4.16. The first-order chi connectivity index (χ1) is 12.6. The number of aromatic nitrogens is 2. The summed E-state index contributed by atoms with van der Waals surface area (Å²) in [6, 6.07) is 5.57. The van der Waals surface area contributed by atoms with E-state index in [9.17, 15) is 9.18 Å². The van der Waals surface area contributed by atoms with Crippen molar-refractivity contribution in [1.29, 1.82) is 0 Å². The molecule has 0 radical (unpaired) electrons. The topological polar surface area (TPSA) is 92.9 Å². The number of fused-ring (bicyclic) bond motifs is 1. The molecular weight excluding hydrogens is 333 g/mol. The van der Waals surface area contributed by atoms with Gasteiger partial charge in [0.15, 0.2) is 0 Å². The molecule has 2 aromatic rings. The molecule has 138 valence electrons. The lowest BCUT2D eigenvalue weighted by Crippen LogP contribution is -2.43. The first-order valence-corrected chi connectivity index (χ1v) is 8.90. The van der Waals surface area contributed by atoms with Gasteiger partial charge in [-0.25, -0.2) is 14.4 Å². The Labute approximate surface area is 152 Å². The Morgan fingerprint density at radius 1 is 1.35 bits per heavy atom. The van der Waals surface area contributed by atoms with Crippen LogP contribution in [-0.4, -0.2) is 35.0 Å². The molecule has 7 heteroatoms. The zero-order valence-electron chi connectivity index (χ0n) is 14.8. The molecule has 0 bridgehead atoms. The lowest BCUT2D eigenvalue weighted by Gasteiger charge is -2.15. The van der Waals surface area contributed by atoms with Crippen LogP contribution >= 0.6 is 0 Å². The Kier molecular flexibility index (Phi) is 5.78. The summed E-state index contributed by atoms with van der Waals surface area (Å²) in [6.45, 7) is 3.12. The molecule has 0 saturated carbocycles. The zero-order chi connectivity index (χ0) is 18.5. The quantitative estimate of drug-likeness (QED) is 0.657. The van der Waals surface area contributed by atoms with Gasteiger partial charge in [-0.15, -0.1) is 0 Å². The predicted octanol–water partition coefficient (Wildman–Crippen LogP) is 1.76. The number of benzene rings is 1. The summed E-state index contributed by atoms with van der Waals surface area (Å²) in [5.74, 6) is 0.642. The van der Waals surface area contributed by atoms with Gasteiger partial charge < -0.3 is 16.4 Å². The minimum atomic E-state index is -0.782. The highest BCUT2D eigenvalue weighted by atomic mass is 19.1. The molecule has 1 aromatic heterocycles. The lowest BCUT2D eigenvalue weighted by atomic mass is 10.1. The van der Waals surface area contributed by atoms with Crippen LogP contribution in [0, 0.1) is 5.82 Å². The lowest BCUT2D eigenvalue weighted by molar-refractivity contribution is -0.122. The van der Waals surface area contributed by atoms with Crippen LogP contribution < -0.4 is 16.4 Å². The van der Waals surface area contributed by atoms with Crippen LogP contribution in [0.1, 0.15) is 36.1 Å². The fourth-order valence-corrected chi connectivity index (χ4v) is 3.28. The van der Waals surface area contributed by atoms with Crippen LogP contribution in [0.15, 0.2) is 30.6 Å². The number of hydrogen-bond donors (Lipinski definition) is 3. The third-order valence-corrected chi connectivity index (χ3v) is 4.72. The van der Waals surface area contributed by atoms with Crippen LogP contribution in [0.25, 0.3) is 0 Å². The predicted molar refractivity (Wildman–Crippen MR) is 98.3 cm³/mol. The van der Waals surface area contributed by atoms with Crippen molar-refractivity contribution < 1.29 is 9.18 Å². The second-order valence-corrected chi connectivity index (χ2v) is 6.64. The number of halogens is 1. The fourth-order valence-electron chi connectivity index (χ4n) is 3.28. The molecule has 0 spiro atoms. The van der Waals surface area contributed by atoms with Crippen molar-refractivity contribution in [3.05, 3.63) is 53.2 Å². The van der Waals surface area contributed by atoms with Gasteiger partial charge in [0.2, 0.25) is 5.91 Å². The molecule has 1 aliphatic rings. The minimum Gasteiger partial charge on any atom is -0.368 e. The standard InChI is InChI=1S/C19H24FN5O/c1-12-6-7-16-17(12)18(25-11-24-16)22-8-9-23-19(26)15(21)10-13-4-2-3-5-14(13)20/h2-5,11-12,15H,6-10,21H2,1H3,(H,23,26)(H,22,24,25)/t12-,15-/m1/s1. The molecule has 1 heterocycles. The summed E-state index contributed by atoms with van der Waals surface area (Å²) in [6.07, 6.45) is 3.81. The zero-order valence-corrected chi connectivity index (χ0v) is 14.8. The maximum Gasteiger partial charge on any atom is 0.237 e. The largest absolute Gasteiger partial charge is 0.368 e. The van der Waals surface area contributed by atoms with E-state index in [1.54, 1.807) is 24.5 Å². The van der Waals surface area contributed by atoms with Gasteiger partial charge in [-0.1, -0.05) is 25.1 Å².